The maximum absolute atomic E-state index is 3.32. The quantitative estimate of drug-likeness (QED) is 0.643. The van der Waals surface area contributed by atoms with Crippen LogP contribution < -0.4 is 16.0 Å². The van der Waals surface area contributed by atoms with Crippen LogP contribution in [0.2, 0.25) is 0 Å². The minimum atomic E-state index is 0.675. The number of hydrogen-bond donors (Lipinski definition) is 3. The molecular formula is C17H44N4. The average molecular weight is 305 g/mol. The average Bonchev–Trinajstić information content (AvgIpc) is 2.57. The minimum Gasteiger partial charge on any atom is -0.314 e. The van der Waals surface area contributed by atoms with Gasteiger partial charge in [-0.15, -0.1) is 0 Å². The molecule has 0 aromatic rings. The molecule has 0 spiro atoms. The van der Waals surface area contributed by atoms with E-state index in [1.165, 1.54) is 6.54 Å². The highest BCUT2D eigenvalue weighted by molar-refractivity contribution is 4.72. The second-order valence-electron chi connectivity index (χ2n) is 4.59. The van der Waals surface area contributed by atoms with Crippen molar-refractivity contribution in [1.82, 2.24) is 20.9 Å². The van der Waals surface area contributed by atoms with E-state index in [4.69, 9.17) is 0 Å². The Morgan fingerprint density at radius 2 is 1.29 bits per heavy atom. The third-order valence-electron chi connectivity index (χ3n) is 3.08. The van der Waals surface area contributed by atoms with E-state index in [1.807, 2.05) is 41.5 Å². The van der Waals surface area contributed by atoms with E-state index in [2.05, 4.69) is 41.7 Å². The van der Waals surface area contributed by atoms with Gasteiger partial charge in [-0.3, -0.25) is 0 Å². The predicted octanol–water partition coefficient (Wildman–Crippen LogP) is 2.56. The molecule has 0 radical (unpaired) electrons. The normalized spacial score (nSPS) is 24.4. The molecule has 2 atom stereocenters. The van der Waals surface area contributed by atoms with Gasteiger partial charge in [0.05, 0.1) is 0 Å². The van der Waals surface area contributed by atoms with Gasteiger partial charge in [0.1, 0.15) is 0 Å². The van der Waals surface area contributed by atoms with E-state index < -0.39 is 0 Å². The molecule has 0 aliphatic carbocycles. The van der Waals surface area contributed by atoms with E-state index >= 15 is 0 Å². The first-order chi connectivity index (χ1) is 10.2. The summed E-state index contributed by atoms with van der Waals surface area (Å²) in [6, 6.07) is 1.40. The van der Waals surface area contributed by atoms with Crippen LogP contribution in [0.25, 0.3) is 0 Å². The highest BCUT2D eigenvalue weighted by Crippen LogP contribution is 1.95. The molecule has 2 unspecified atom stereocenters. The summed E-state index contributed by atoms with van der Waals surface area (Å²) in [5.74, 6) is 0. The lowest BCUT2D eigenvalue weighted by Gasteiger charge is -2.29. The zero-order valence-corrected chi connectivity index (χ0v) is 16.3. The summed E-state index contributed by atoms with van der Waals surface area (Å²) >= 11 is 0. The summed E-state index contributed by atoms with van der Waals surface area (Å²) < 4.78 is 0. The van der Waals surface area contributed by atoms with Crippen LogP contribution in [0, 0.1) is 0 Å². The van der Waals surface area contributed by atoms with Gasteiger partial charge in [-0.2, -0.15) is 0 Å². The summed E-state index contributed by atoms with van der Waals surface area (Å²) in [7, 11) is 2.17. The number of nitrogens with one attached hydrogen (secondary N) is 3. The topological polar surface area (TPSA) is 39.3 Å². The smallest absolute Gasteiger partial charge is 0.0189 e. The van der Waals surface area contributed by atoms with Gasteiger partial charge in [-0.25, -0.2) is 0 Å². The molecule has 4 nitrogen and oxygen atoms in total. The van der Waals surface area contributed by atoms with Gasteiger partial charge in [0.15, 0.2) is 0 Å². The maximum Gasteiger partial charge on any atom is 0.0189 e. The summed E-state index contributed by atoms with van der Waals surface area (Å²) in [6.45, 7) is 23.3. The maximum atomic E-state index is 3.32. The Bertz CT molecular complexity index is 149. The predicted molar refractivity (Wildman–Crippen MR) is 99.3 cm³/mol. The van der Waals surface area contributed by atoms with Crippen molar-refractivity contribution in [2.75, 3.05) is 46.3 Å². The van der Waals surface area contributed by atoms with Crippen LogP contribution in [-0.4, -0.2) is 63.3 Å². The lowest BCUT2D eigenvalue weighted by molar-refractivity contribution is 0.215. The summed E-state index contributed by atoms with van der Waals surface area (Å²) in [5.41, 5.74) is 0. The molecule has 2 aliphatic rings. The lowest BCUT2D eigenvalue weighted by Crippen LogP contribution is -2.47. The number of hydrogen-bond acceptors (Lipinski definition) is 4. The largest absolute Gasteiger partial charge is 0.314 e. The van der Waals surface area contributed by atoms with E-state index in [-0.39, 0.29) is 0 Å². The van der Waals surface area contributed by atoms with Gasteiger partial charge in [-0.05, 0) is 20.9 Å². The van der Waals surface area contributed by atoms with E-state index in [9.17, 15) is 0 Å². The third kappa shape index (κ3) is 17.8. The van der Waals surface area contributed by atoms with Crippen LogP contribution in [-0.2, 0) is 0 Å². The molecule has 4 heteroatoms. The van der Waals surface area contributed by atoms with Crippen molar-refractivity contribution in [3.05, 3.63) is 0 Å². The number of piperazine rings is 2. The fourth-order valence-corrected chi connectivity index (χ4v) is 1.74. The van der Waals surface area contributed by atoms with Crippen LogP contribution in [0.3, 0.4) is 0 Å². The van der Waals surface area contributed by atoms with Crippen LogP contribution >= 0.6 is 0 Å². The molecule has 2 heterocycles. The number of rotatable bonds is 0. The fraction of sp³-hybridized carbons (Fsp3) is 1.00. The van der Waals surface area contributed by atoms with E-state index in [1.54, 1.807) is 0 Å². The van der Waals surface area contributed by atoms with Crippen LogP contribution in [0.5, 0.6) is 0 Å². The van der Waals surface area contributed by atoms with Crippen molar-refractivity contribution in [3.8, 4) is 0 Å². The molecule has 2 saturated heterocycles. The van der Waals surface area contributed by atoms with Crippen molar-refractivity contribution < 1.29 is 0 Å². The van der Waals surface area contributed by atoms with Crippen molar-refractivity contribution in [2.45, 2.75) is 67.5 Å². The van der Waals surface area contributed by atoms with Crippen LogP contribution in [0.15, 0.2) is 0 Å². The zero-order valence-electron chi connectivity index (χ0n) is 16.3. The van der Waals surface area contributed by atoms with Gasteiger partial charge >= 0.3 is 0 Å². The molecule has 0 aromatic carbocycles. The van der Waals surface area contributed by atoms with Gasteiger partial charge in [0.2, 0.25) is 0 Å². The Hall–Kier alpha value is -0.160. The first-order valence-electron chi connectivity index (χ1n) is 9.05. The first-order valence-corrected chi connectivity index (χ1v) is 9.05. The molecule has 2 rings (SSSR count). The Labute approximate surface area is 135 Å². The highest BCUT2D eigenvalue weighted by Gasteiger charge is 2.11. The van der Waals surface area contributed by atoms with Crippen LogP contribution in [0.4, 0.5) is 0 Å². The monoisotopic (exact) mass is 304 g/mol. The molecular weight excluding hydrogens is 260 g/mol. The number of nitrogens with zero attached hydrogens (tertiary/aromatic N) is 1. The minimum absolute atomic E-state index is 0.675. The lowest BCUT2D eigenvalue weighted by atomic mass is 10.2. The first kappa shape index (κ1) is 25.8. The van der Waals surface area contributed by atoms with Crippen LogP contribution in [0.1, 0.15) is 55.4 Å². The van der Waals surface area contributed by atoms with Gasteiger partial charge in [0.25, 0.3) is 0 Å². The molecule has 132 valence electrons. The summed E-state index contributed by atoms with van der Waals surface area (Å²) in [5, 5.41) is 9.91. The fourth-order valence-electron chi connectivity index (χ4n) is 1.74. The third-order valence-corrected chi connectivity index (χ3v) is 3.08. The summed E-state index contributed by atoms with van der Waals surface area (Å²) in [4.78, 5) is 2.37. The second kappa shape index (κ2) is 22.1. The molecule has 0 saturated carbocycles. The molecule has 0 aromatic heterocycles. The van der Waals surface area contributed by atoms with E-state index in [0.717, 1.165) is 38.8 Å². The van der Waals surface area contributed by atoms with Gasteiger partial charge < -0.3 is 20.9 Å². The molecule has 2 aliphatic heterocycles. The van der Waals surface area contributed by atoms with E-state index in [0.29, 0.717) is 6.04 Å². The molecule has 0 bridgehead atoms. The van der Waals surface area contributed by atoms with Crippen molar-refractivity contribution in [2.24, 2.45) is 0 Å². The molecule has 21 heavy (non-hydrogen) atoms. The second-order valence-corrected chi connectivity index (χ2v) is 4.59. The molecule has 0 amide bonds. The molecule has 2 fully saturated rings. The number of likely N-dealkylation sites (N-methyl/N-ethyl adjacent to an activating group) is 1. The van der Waals surface area contributed by atoms with Crippen molar-refractivity contribution in [1.29, 1.82) is 0 Å². The Balaban J connectivity index is -0.000000229. The SMILES string of the molecule is CC.CC.CC.CC1CNCCN1.CC1CNCCN1C. The van der Waals surface area contributed by atoms with Gasteiger partial charge in [0, 0.05) is 51.4 Å². The zero-order chi connectivity index (χ0) is 17.1. The molecule has 3 N–H and O–H groups in total. The van der Waals surface area contributed by atoms with Crippen molar-refractivity contribution >= 4 is 0 Å². The summed E-state index contributed by atoms with van der Waals surface area (Å²) in [6.07, 6.45) is 0. The standard InChI is InChI=1S/C6H14N2.C5H12N2.3C2H6/c1-6-5-7-3-4-8(6)2;1-5-4-6-2-3-7-5;3*1-2/h6-7H,3-5H2,1-2H3;5-7H,2-4H2,1H3;3*1-2H3. The Kier molecular flexibility index (Phi) is 27.2. The highest BCUT2D eigenvalue weighted by atomic mass is 15.2. The Morgan fingerprint density at radius 3 is 1.52 bits per heavy atom. The Morgan fingerprint density at radius 1 is 0.762 bits per heavy atom. The van der Waals surface area contributed by atoms with Gasteiger partial charge in [-0.1, -0.05) is 41.5 Å². The van der Waals surface area contributed by atoms with Crippen molar-refractivity contribution in [3.63, 3.8) is 0 Å².